The fraction of sp³-hybridized carbons (Fsp3) is 0.776. The molecule has 441 valence electrons. The zero-order valence-corrected chi connectivity index (χ0v) is 47.2. The van der Waals surface area contributed by atoms with Crippen molar-refractivity contribution in [2.75, 3.05) is 76.7 Å². The van der Waals surface area contributed by atoms with Gasteiger partial charge in [0.2, 0.25) is 0 Å². The minimum Gasteiger partial charge on any atom is -0.465 e. The number of aliphatic hydroxyl groups excluding tert-OH is 4. The molecule has 9 heterocycles. The molecule has 7 N–H and O–H groups in total. The number of esters is 2. The van der Waals surface area contributed by atoms with Crippen LogP contribution >= 0.6 is 35.3 Å². The maximum atomic E-state index is 12.1. The summed E-state index contributed by atoms with van der Waals surface area (Å²) in [5, 5.41) is 55.7. The van der Waals surface area contributed by atoms with Crippen LogP contribution in [0.3, 0.4) is 0 Å². The first-order valence-corrected chi connectivity index (χ1v) is 27.7. The number of aliphatic hydroxyl groups is 4. The van der Waals surface area contributed by atoms with Crippen LogP contribution in [0.15, 0.2) is 22.0 Å². The van der Waals surface area contributed by atoms with Crippen molar-refractivity contribution < 1.29 is 115 Å². The standard InChI is InChI=1S/C18H25NO5S.2C15H23NO6S.CH4.Ag.HNO3/c1-16(2)19-13(9-25-16)14(24-15(19)20)7-5-4-6-8-18-21-10-17(3,11-22-18)12-23-18;1-15(7-17,8-18)9-21-13(19)4-2-3-10-5-12-11(6-23-10)16-14(20)22-12;1-15(7-17,8-18)9-21-12(19)5-3-2-4-11-13-10(6-23-11)16-14(20)22-13;;;2-1(3)4/h13-14H,4,6,8-12H2,1-3H3;5,11-12,17-18H,2-4,6-9H2,1H3,(H,16,20);4,10,13,17-18H,2-3,5-9H2,1H3,(H,16,20);1H4;;(H,2,3,4)/b;;11-4+;;;/t13?,14-,17?,18?;11?,12-;10?,13-;;;/m110.../s1. The van der Waals surface area contributed by atoms with Crippen molar-refractivity contribution in [2.45, 2.75) is 147 Å². The van der Waals surface area contributed by atoms with Gasteiger partial charge in [0.15, 0.2) is 12.2 Å². The van der Waals surface area contributed by atoms with Gasteiger partial charge >= 0.3 is 30.2 Å². The number of carbonyl (C=O) groups excluding carboxylic acids is 5. The van der Waals surface area contributed by atoms with E-state index in [-0.39, 0.29) is 159 Å². The van der Waals surface area contributed by atoms with E-state index in [2.05, 4.69) is 29.4 Å². The molecule has 0 aromatic rings. The van der Waals surface area contributed by atoms with Crippen LogP contribution in [0.25, 0.3) is 0 Å². The van der Waals surface area contributed by atoms with Crippen molar-refractivity contribution in [3.05, 3.63) is 32.1 Å². The summed E-state index contributed by atoms with van der Waals surface area (Å²) in [6.45, 7) is 10.6. The smallest absolute Gasteiger partial charge is 0.412 e. The Bertz CT molecular complexity index is 2100. The summed E-state index contributed by atoms with van der Waals surface area (Å²) in [5.41, 5.74) is -1.61. The minimum atomic E-state index is -1.50. The third kappa shape index (κ3) is 20.2. The van der Waals surface area contributed by atoms with E-state index < -0.39 is 21.9 Å². The quantitative estimate of drug-likeness (QED) is 0.0179. The van der Waals surface area contributed by atoms with E-state index in [1.807, 2.05) is 30.9 Å². The van der Waals surface area contributed by atoms with Gasteiger partial charge in [0, 0.05) is 86.5 Å². The molecule has 1 radical (unpaired) electrons. The van der Waals surface area contributed by atoms with Crippen LogP contribution in [0.2, 0.25) is 0 Å². The SMILES string of the molecule is C.CC(CO)(CO)COC(=O)CCC/C=C1/SCC2NC(=O)O[C@H]12.CC(CO)(CO)COC(=O)CCCC1=C[C@H]2OC(=O)NC2CS1.CC12COC(CCCC#C[C@H]3OC(=O)N4C3CSC4(C)C)(OC1)OC2.O=[N+]([O-])O.[Ag]. The monoisotopic (exact) mass is 1240 g/mol. The molecule has 9 aliphatic rings. The second-order valence-electron chi connectivity index (χ2n) is 20.7. The molecule has 0 spiro atoms. The summed E-state index contributed by atoms with van der Waals surface area (Å²) in [5.74, 6) is 7.19. The maximum absolute atomic E-state index is 12.1. The van der Waals surface area contributed by atoms with Gasteiger partial charge < -0.3 is 74.2 Å². The predicted molar refractivity (Wildman–Crippen MR) is 278 cm³/mol. The molecule has 8 saturated heterocycles. The number of nitrogens with zero attached hydrogens (tertiary/aromatic N) is 2. The van der Waals surface area contributed by atoms with Crippen molar-refractivity contribution in [3.63, 3.8) is 0 Å². The molecule has 8 fully saturated rings. The first-order valence-electron chi connectivity index (χ1n) is 24.7. The third-order valence-corrected chi connectivity index (χ3v) is 16.9. The molecule has 28 heteroatoms. The zero-order chi connectivity index (χ0) is 55.0. The van der Waals surface area contributed by atoms with Gasteiger partial charge in [-0.1, -0.05) is 46.1 Å². The Morgan fingerprint density at radius 2 is 1.40 bits per heavy atom. The number of rotatable bonds is 19. The molecular weight excluding hydrogens is 1170 g/mol. The number of fused-ring (bicyclic) bond motifs is 6. The Morgan fingerprint density at radius 3 is 1.99 bits per heavy atom. The molecule has 0 aromatic carbocycles. The Labute approximate surface area is 477 Å². The topological polar surface area (TPSA) is 331 Å². The first kappa shape index (κ1) is 67.8. The average Bonchev–Trinajstić information content (AvgIpc) is 4.20. The van der Waals surface area contributed by atoms with Gasteiger partial charge in [0.25, 0.3) is 11.1 Å². The molecule has 0 aliphatic carbocycles. The number of nitrogens with one attached hydrogen (secondary N) is 2. The number of alkyl carbamates (subject to hydrolysis) is 2. The van der Waals surface area contributed by atoms with Crippen LogP contribution in [-0.4, -0.2) is 190 Å². The maximum Gasteiger partial charge on any atom is 0.412 e. The van der Waals surface area contributed by atoms with E-state index in [4.69, 9.17) is 73.6 Å². The van der Waals surface area contributed by atoms with Crippen LogP contribution in [-0.2, 0) is 69.9 Å². The zero-order valence-electron chi connectivity index (χ0n) is 43.2. The van der Waals surface area contributed by atoms with Crippen molar-refractivity contribution in [2.24, 2.45) is 16.2 Å². The summed E-state index contributed by atoms with van der Waals surface area (Å²) in [7, 11) is 0. The van der Waals surface area contributed by atoms with Crippen LogP contribution in [0.5, 0.6) is 0 Å². The largest absolute Gasteiger partial charge is 0.465 e. The molecule has 24 nitrogen and oxygen atoms in total. The second-order valence-corrected chi connectivity index (χ2v) is 24.5. The van der Waals surface area contributed by atoms with E-state index in [1.165, 1.54) is 0 Å². The molecule has 0 aromatic heterocycles. The molecule has 6 atom stereocenters. The summed E-state index contributed by atoms with van der Waals surface area (Å²) >= 11 is 5.11. The van der Waals surface area contributed by atoms with Gasteiger partial charge in [-0.2, -0.15) is 0 Å². The molecule has 9 rings (SSSR count). The minimum absolute atomic E-state index is 0. The third-order valence-electron chi connectivity index (χ3n) is 13.0. The number of carbonyl (C=O) groups is 5. The molecule has 77 heavy (non-hydrogen) atoms. The number of hydrogen-bond acceptors (Lipinski definition) is 22. The Kier molecular flexibility index (Phi) is 27.2. The average molecular weight is 1250 g/mol. The number of cyclic esters (lactones) is 1. The summed E-state index contributed by atoms with van der Waals surface area (Å²) < 4.78 is 43.3. The fourth-order valence-corrected chi connectivity index (χ4v) is 11.8. The fourth-order valence-electron chi connectivity index (χ4n) is 8.13. The van der Waals surface area contributed by atoms with Crippen LogP contribution in [0.1, 0.15) is 99.8 Å². The first-order chi connectivity index (χ1) is 35.5. The van der Waals surface area contributed by atoms with E-state index in [9.17, 15) is 24.0 Å². The number of thioether (sulfide) groups is 3. The molecule has 9 aliphatic heterocycles. The van der Waals surface area contributed by atoms with Crippen LogP contribution in [0, 0.1) is 38.2 Å². The Hall–Kier alpha value is -3.50. The van der Waals surface area contributed by atoms with Crippen molar-refractivity contribution >= 4 is 65.5 Å². The summed E-state index contributed by atoms with van der Waals surface area (Å²) in [4.78, 5) is 69.9. The number of hydrogen-bond donors (Lipinski definition) is 7. The van der Waals surface area contributed by atoms with Gasteiger partial charge in [-0.3, -0.25) is 14.5 Å². The van der Waals surface area contributed by atoms with E-state index in [0.717, 1.165) is 39.9 Å². The normalized spacial score (nSPS) is 28.3. The summed E-state index contributed by atoms with van der Waals surface area (Å²) in [6, 6.07) is 0.150. The summed E-state index contributed by atoms with van der Waals surface area (Å²) in [6.07, 6.45) is 7.68. The number of unbranched alkanes of at least 4 members (excludes halogenated alkanes) is 2. The van der Waals surface area contributed by atoms with Gasteiger partial charge in [0.1, 0.15) is 19.3 Å². The number of ether oxygens (including phenoxy) is 8. The predicted octanol–water partition coefficient (Wildman–Crippen LogP) is 4.45. The second kappa shape index (κ2) is 30.9. The molecule has 2 bridgehead atoms. The molecule has 3 unspecified atom stereocenters. The van der Waals surface area contributed by atoms with Crippen molar-refractivity contribution in [3.8, 4) is 11.8 Å². The Morgan fingerprint density at radius 1 is 0.857 bits per heavy atom. The molecule has 3 amide bonds. The van der Waals surface area contributed by atoms with Crippen molar-refractivity contribution in [1.29, 1.82) is 0 Å². The van der Waals surface area contributed by atoms with Gasteiger partial charge in [0.05, 0.1) is 69.2 Å². The van der Waals surface area contributed by atoms with Gasteiger partial charge in [-0.25, -0.2) is 14.4 Å². The van der Waals surface area contributed by atoms with Crippen molar-refractivity contribution in [1.82, 2.24) is 15.5 Å². The van der Waals surface area contributed by atoms with E-state index >= 15 is 0 Å². The molecular formula is C49H76AgN4O20S3. The van der Waals surface area contributed by atoms with E-state index in [0.29, 0.717) is 51.9 Å². The van der Waals surface area contributed by atoms with Crippen LogP contribution in [0.4, 0.5) is 14.4 Å². The number of amides is 3. The Balaban J connectivity index is 0.000000290. The number of allylic oxidation sites excluding steroid dienone is 2. The van der Waals surface area contributed by atoms with Gasteiger partial charge in [-0.15, -0.1) is 45.4 Å². The van der Waals surface area contributed by atoms with Crippen LogP contribution < -0.4 is 10.6 Å². The van der Waals surface area contributed by atoms with E-state index in [1.54, 1.807) is 49.1 Å². The van der Waals surface area contributed by atoms with Gasteiger partial charge in [-0.05, 0) is 56.9 Å². The molecule has 0 saturated carbocycles.